The van der Waals surface area contributed by atoms with Gasteiger partial charge in [-0.2, -0.15) is 0 Å². The van der Waals surface area contributed by atoms with E-state index in [4.69, 9.17) is 11.6 Å². The lowest BCUT2D eigenvalue weighted by atomic mass is 9.68. The van der Waals surface area contributed by atoms with Crippen LogP contribution in [0.3, 0.4) is 0 Å². The van der Waals surface area contributed by atoms with Crippen molar-refractivity contribution in [1.82, 2.24) is 9.88 Å². The van der Waals surface area contributed by atoms with Gasteiger partial charge in [0.15, 0.2) is 0 Å². The van der Waals surface area contributed by atoms with Crippen LogP contribution in [-0.2, 0) is 14.4 Å². The van der Waals surface area contributed by atoms with Gasteiger partial charge in [-0.25, -0.2) is 4.79 Å². The molecule has 184 valence electrons. The number of nitrogens with one attached hydrogen (secondary N) is 1. The number of hydrogen-bond acceptors (Lipinski definition) is 6. The van der Waals surface area contributed by atoms with Gasteiger partial charge in [-0.1, -0.05) is 48.9 Å². The number of hydrogen-bond donors (Lipinski definition) is 2. The SMILES string of the molecule is CC(C)C[C@@H](C(=O)O)N1C(=O)[C@@H]2[C@@H]3C[C@H]([C@H]4Sc5[nH]c(=O)sc5[C@@H](c5ccc(Cl)cc5)[C@H]34)[C@@H]2C1=O. The smallest absolute Gasteiger partial charge is 0.326 e. The maximum Gasteiger partial charge on any atom is 0.326 e. The highest BCUT2D eigenvalue weighted by molar-refractivity contribution is 8.00. The molecule has 3 fully saturated rings. The van der Waals surface area contributed by atoms with E-state index in [1.54, 1.807) is 11.8 Å². The average molecular weight is 533 g/mol. The van der Waals surface area contributed by atoms with Gasteiger partial charge in [-0.3, -0.25) is 19.3 Å². The number of thioether (sulfide) groups is 1. The minimum absolute atomic E-state index is 0.0266. The molecule has 2 amide bonds. The zero-order valence-corrected chi connectivity index (χ0v) is 21.5. The largest absolute Gasteiger partial charge is 0.480 e. The number of H-pyrrole nitrogens is 1. The molecular formula is C25H25ClN2O5S2. The number of aliphatic carboxylic acids is 1. The van der Waals surface area contributed by atoms with Crippen molar-refractivity contribution in [2.24, 2.45) is 35.5 Å². The van der Waals surface area contributed by atoms with Crippen LogP contribution < -0.4 is 4.87 Å². The number of carbonyl (C=O) groups is 3. The van der Waals surface area contributed by atoms with E-state index in [0.29, 0.717) is 5.02 Å². The van der Waals surface area contributed by atoms with Gasteiger partial charge in [-0.05, 0) is 54.2 Å². The first-order chi connectivity index (χ1) is 16.7. The highest BCUT2D eigenvalue weighted by Gasteiger charge is 2.70. The molecule has 8 atom stereocenters. The molecule has 10 heteroatoms. The van der Waals surface area contributed by atoms with Crippen LogP contribution in [0.4, 0.5) is 0 Å². The maximum absolute atomic E-state index is 13.7. The Bertz CT molecular complexity index is 1290. The van der Waals surface area contributed by atoms with Crippen LogP contribution in [-0.4, -0.2) is 44.1 Å². The van der Waals surface area contributed by atoms with Crippen molar-refractivity contribution in [3.8, 4) is 0 Å². The van der Waals surface area contributed by atoms with Crippen LogP contribution in [0.1, 0.15) is 43.0 Å². The second-order valence-corrected chi connectivity index (χ2v) is 13.2. The molecule has 1 aromatic heterocycles. The summed E-state index contributed by atoms with van der Waals surface area (Å²) in [7, 11) is 0. The summed E-state index contributed by atoms with van der Waals surface area (Å²) in [5, 5.41) is 11.4. The minimum Gasteiger partial charge on any atom is -0.480 e. The van der Waals surface area contributed by atoms with E-state index >= 15 is 0 Å². The van der Waals surface area contributed by atoms with E-state index in [9.17, 15) is 24.3 Å². The number of aromatic amines is 1. The Morgan fingerprint density at radius 1 is 1.14 bits per heavy atom. The van der Waals surface area contributed by atoms with E-state index in [1.807, 2.05) is 38.1 Å². The molecule has 2 saturated carbocycles. The van der Waals surface area contributed by atoms with Crippen LogP contribution in [0, 0.1) is 35.5 Å². The summed E-state index contributed by atoms with van der Waals surface area (Å²) in [5.74, 6) is -2.77. The number of carboxylic acid groups (broad SMARTS) is 1. The molecule has 2 N–H and O–H groups in total. The normalized spacial score (nSPS) is 33.7. The Hall–Kier alpha value is -2.10. The fourth-order valence-electron chi connectivity index (χ4n) is 7.15. The molecule has 0 unspecified atom stereocenters. The molecule has 0 spiro atoms. The Kier molecular flexibility index (Phi) is 5.47. The maximum atomic E-state index is 13.7. The number of fused-ring (bicyclic) bond motifs is 9. The molecule has 2 bridgehead atoms. The second-order valence-electron chi connectivity index (χ2n) is 10.5. The number of carboxylic acids is 1. The Morgan fingerprint density at radius 3 is 2.43 bits per heavy atom. The van der Waals surface area contributed by atoms with E-state index in [2.05, 4.69) is 4.98 Å². The van der Waals surface area contributed by atoms with E-state index in [1.165, 1.54) is 11.3 Å². The summed E-state index contributed by atoms with van der Waals surface area (Å²) in [5.41, 5.74) is 1.04. The first kappa shape index (κ1) is 23.3. The van der Waals surface area contributed by atoms with Crippen LogP contribution in [0.15, 0.2) is 34.1 Å². The van der Waals surface area contributed by atoms with Crippen molar-refractivity contribution in [1.29, 1.82) is 0 Å². The number of amides is 2. The van der Waals surface area contributed by atoms with Gasteiger partial charge in [0.1, 0.15) is 6.04 Å². The van der Waals surface area contributed by atoms with Gasteiger partial charge in [0.25, 0.3) is 0 Å². The molecule has 1 aromatic carbocycles. The lowest BCUT2D eigenvalue weighted by Gasteiger charge is -2.43. The topological polar surface area (TPSA) is 108 Å². The van der Waals surface area contributed by atoms with Crippen molar-refractivity contribution >= 4 is 52.5 Å². The van der Waals surface area contributed by atoms with Gasteiger partial charge < -0.3 is 10.1 Å². The third kappa shape index (κ3) is 3.38. The highest BCUT2D eigenvalue weighted by Crippen LogP contribution is 2.68. The van der Waals surface area contributed by atoms with Gasteiger partial charge in [-0.15, -0.1) is 11.8 Å². The number of carbonyl (C=O) groups excluding carboxylic acids is 2. The lowest BCUT2D eigenvalue weighted by molar-refractivity contribution is -0.156. The predicted octanol–water partition coefficient (Wildman–Crippen LogP) is 4.06. The first-order valence-electron chi connectivity index (χ1n) is 11.9. The molecule has 1 saturated heterocycles. The number of thiazole rings is 1. The zero-order valence-electron chi connectivity index (χ0n) is 19.1. The predicted molar refractivity (Wildman–Crippen MR) is 133 cm³/mol. The number of aromatic nitrogens is 1. The summed E-state index contributed by atoms with van der Waals surface area (Å²) in [6.07, 6.45) is 1.02. The molecule has 2 aliphatic carbocycles. The summed E-state index contributed by atoms with van der Waals surface area (Å²) >= 11 is 8.98. The number of halogens is 1. The van der Waals surface area contributed by atoms with Crippen LogP contribution in [0.25, 0.3) is 0 Å². The summed E-state index contributed by atoms with van der Waals surface area (Å²) in [6, 6.07) is 6.52. The number of rotatable bonds is 5. The highest BCUT2D eigenvalue weighted by atomic mass is 35.5. The average Bonchev–Trinajstić information content (AvgIpc) is 3.52. The molecule has 2 aromatic rings. The number of benzene rings is 1. The van der Waals surface area contributed by atoms with Gasteiger partial charge >= 0.3 is 10.8 Å². The van der Waals surface area contributed by atoms with Crippen LogP contribution >= 0.6 is 34.7 Å². The van der Waals surface area contributed by atoms with Gasteiger partial charge in [0.2, 0.25) is 11.8 Å². The third-order valence-electron chi connectivity index (χ3n) is 8.28. The minimum atomic E-state index is -1.13. The third-order valence-corrected chi connectivity index (χ3v) is 11.1. The van der Waals surface area contributed by atoms with Crippen LogP contribution in [0.2, 0.25) is 5.02 Å². The molecule has 35 heavy (non-hydrogen) atoms. The van der Waals surface area contributed by atoms with Crippen LogP contribution in [0.5, 0.6) is 0 Å². The Labute approximate surface area is 215 Å². The van der Waals surface area contributed by atoms with Crippen molar-refractivity contribution in [2.75, 3.05) is 0 Å². The van der Waals surface area contributed by atoms with E-state index in [-0.39, 0.29) is 57.9 Å². The van der Waals surface area contributed by atoms with Crippen molar-refractivity contribution in [2.45, 2.75) is 48.9 Å². The molecule has 4 aliphatic rings. The molecule has 6 rings (SSSR count). The number of likely N-dealkylation sites (tertiary alicyclic amines) is 1. The summed E-state index contributed by atoms with van der Waals surface area (Å²) in [6.45, 7) is 3.79. The molecular weight excluding hydrogens is 508 g/mol. The van der Waals surface area contributed by atoms with E-state index in [0.717, 1.165) is 26.8 Å². The fourth-order valence-corrected chi connectivity index (χ4v) is 10.2. The molecule has 7 nitrogen and oxygen atoms in total. The van der Waals surface area contributed by atoms with Crippen molar-refractivity contribution in [3.05, 3.63) is 49.4 Å². The van der Waals surface area contributed by atoms with Gasteiger partial charge in [0, 0.05) is 21.1 Å². The monoisotopic (exact) mass is 532 g/mol. The number of imide groups is 1. The van der Waals surface area contributed by atoms with E-state index < -0.39 is 23.8 Å². The standard InChI is InChI=1S/C25H25ClN2O5S2/c1-9(2)7-14(24(31)32)28-22(29)17-12-8-13(18(17)23(28)30)19-16(12)15(10-3-5-11(26)6-4-10)20-21(34-19)27-25(33)35-20/h3-6,9,12-19H,7-8H2,1-2H3,(H,27,33)(H,31,32)/t12-,13+,14+,15+,16+,17-,18+,19-/m1/s1. The fraction of sp³-hybridized carbons (Fsp3) is 0.520. The second kappa shape index (κ2) is 8.21. The molecule has 3 heterocycles. The Balaban J connectivity index is 1.42. The Morgan fingerprint density at radius 2 is 1.80 bits per heavy atom. The van der Waals surface area contributed by atoms with Crippen molar-refractivity contribution < 1.29 is 19.5 Å². The van der Waals surface area contributed by atoms with Gasteiger partial charge in [0.05, 0.1) is 16.9 Å². The first-order valence-corrected chi connectivity index (χ1v) is 14.0. The summed E-state index contributed by atoms with van der Waals surface area (Å²) in [4.78, 5) is 56.6. The summed E-state index contributed by atoms with van der Waals surface area (Å²) < 4.78 is 0. The molecule has 0 radical (unpaired) electrons. The lowest BCUT2D eigenvalue weighted by Crippen LogP contribution is -2.47. The van der Waals surface area contributed by atoms with Crippen molar-refractivity contribution in [3.63, 3.8) is 0 Å². The zero-order chi connectivity index (χ0) is 24.8. The molecule has 2 aliphatic heterocycles. The number of nitrogens with zero attached hydrogens (tertiary/aromatic N) is 1. The quantitative estimate of drug-likeness (QED) is 0.562.